The number of rotatable bonds is 7. The summed E-state index contributed by atoms with van der Waals surface area (Å²) in [5.41, 5.74) is 5.76. The minimum Gasteiger partial charge on any atom is -0.496 e. The molecule has 166 valence electrons. The Morgan fingerprint density at radius 2 is 1.88 bits per heavy atom. The molecule has 1 aliphatic heterocycles. The molecule has 1 fully saturated rings. The molecule has 0 aliphatic carbocycles. The van der Waals surface area contributed by atoms with Gasteiger partial charge in [0, 0.05) is 18.0 Å². The van der Waals surface area contributed by atoms with Crippen LogP contribution in [-0.2, 0) is 9.59 Å². The molecule has 0 bridgehead atoms. The molecule has 3 amide bonds. The van der Waals surface area contributed by atoms with E-state index < -0.39 is 5.91 Å². The van der Waals surface area contributed by atoms with Gasteiger partial charge in [-0.3, -0.25) is 30.1 Å². The van der Waals surface area contributed by atoms with Gasteiger partial charge in [-0.1, -0.05) is 65.9 Å². The van der Waals surface area contributed by atoms with Gasteiger partial charge in [0.15, 0.2) is 0 Å². The van der Waals surface area contributed by atoms with Gasteiger partial charge >= 0.3 is 0 Å². The van der Waals surface area contributed by atoms with Crippen molar-refractivity contribution < 1.29 is 19.1 Å². The highest BCUT2D eigenvalue weighted by atomic mass is 35.5. The number of nitrogens with zero attached hydrogens (tertiary/aromatic N) is 1. The van der Waals surface area contributed by atoms with Gasteiger partial charge in [-0.2, -0.15) is 0 Å². The molecule has 1 aliphatic rings. The molecule has 0 unspecified atom stereocenters. The van der Waals surface area contributed by atoms with Crippen molar-refractivity contribution in [1.82, 2.24) is 15.8 Å². The summed E-state index contributed by atoms with van der Waals surface area (Å²) in [6, 6.07) is 13.9. The van der Waals surface area contributed by atoms with E-state index in [-0.39, 0.29) is 18.2 Å². The van der Waals surface area contributed by atoms with Crippen molar-refractivity contribution in [2.24, 2.45) is 0 Å². The van der Waals surface area contributed by atoms with E-state index in [0.717, 1.165) is 5.56 Å². The molecule has 0 spiro atoms. The molecule has 7 nitrogen and oxygen atoms in total. The number of carbonyl (C=O) groups is 3. The Morgan fingerprint density at radius 3 is 2.62 bits per heavy atom. The van der Waals surface area contributed by atoms with Gasteiger partial charge in [0.05, 0.1) is 17.6 Å². The lowest BCUT2D eigenvalue weighted by Gasteiger charge is -2.14. The van der Waals surface area contributed by atoms with E-state index in [9.17, 15) is 14.4 Å². The third-order valence-corrected chi connectivity index (χ3v) is 6.24. The zero-order valence-electron chi connectivity index (χ0n) is 17.1. The van der Waals surface area contributed by atoms with E-state index in [1.54, 1.807) is 36.4 Å². The Hall–Kier alpha value is -2.88. The number of ether oxygens (including phenoxy) is 1. The number of hydrogen-bond donors (Lipinski definition) is 2. The third-order valence-electron chi connectivity index (χ3n) is 4.52. The summed E-state index contributed by atoms with van der Waals surface area (Å²) in [4.78, 5) is 38.9. The van der Waals surface area contributed by atoms with Crippen LogP contribution in [0.3, 0.4) is 0 Å². The van der Waals surface area contributed by atoms with Gasteiger partial charge in [0.2, 0.25) is 5.91 Å². The molecule has 1 saturated heterocycles. The summed E-state index contributed by atoms with van der Waals surface area (Å²) in [6.07, 6.45) is 2.19. The van der Waals surface area contributed by atoms with Crippen LogP contribution in [0, 0.1) is 0 Å². The second-order valence-corrected chi connectivity index (χ2v) is 8.74. The van der Waals surface area contributed by atoms with Crippen molar-refractivity contribution in [3.8, 4) is 5.75 Å². The predicted octanol–water partition coefficient (Wildman–Crippen LogP) is 3.79. The molecular weight excluding hydrogens is 470 g/mol. The van der Waals surface area contributed by atoms with Gasteiger partial charge < -0.3 is 4.74 Å². The first-order valence-electron chi connectivity index (χ1n) is 9.63. The lowest BCUT2D eigenvalue weighted by atomic mass is 10.2. The number of thiocarbonyl (C=S) groups is 1. The monoisotopic (exact) mass is 489 g/mol. The average molecular weight is 490 g/mol. The van der Waals surface area contributed by atoms with Crippen LogP contribution >= 0.6 is 35.6 Å². The number of amides is 3. The first-order chi connectivity index (χ1) is 15.4. The van der Waals surface area contributed by atoms with E-state index in [0.29, 0.717) is 38.5 Å². The maximum Gasteiger partial charge on any atom is 0.273 e. The second-order valence-electron chi connectivity index (χ2n) is 6.66. The minimum atomic E-state index is -0.488. The van der Waals surface area contributed by atoms with Gasteiger partial charge in [0.25, 0.3) is 11.8 Å². The van der Waals surface area contributed by atoms with Crippen molar-refractivity contribution in [2.45, 2.75) is 12.8 Å². The average Bonchev–Trinajstić information content (AvgIpc) is 3.06. The molecule has 10 heteroatoms. The Kier molecular flexibility index (Phi) is 8.26. The zero-order valence-corrected chi connectivity index (χ0v) is 19.5. The first kappa shape index (κ1) is 23.8. The number of methoxy groups -OCH3 is 1. The highest BCUT2D eigenvalue weighted by Gasteiger charge is 2.31. The van der Waals surface area contributed by atoms with Crippen LogP contribution in [0.15, 0.2) is 53.4 Å². The molecule has 2 aromatic carbocycles. The molecule has 2 N–H and O–H groups in total. The van der Waals surface area contributed by atoms with Gasteiger partial charge in [-0.05, 0) is 36.3 Å². The SMILES string of the molecule is COc1ccccc1C(=O)NNC(=O)CCCN1C(=O)/C(=C/c2ccccc2Cl)SC1=S. The smallest absolute Gasteiger partial charge is 0.273 e. The van der Waals surface area contributed by atoms with Gasteiger partial charge in [-0.15, -0.1) is 0 Å². The lowest BCUT2D eigenvalue weighted by Crippen LogP contribution is -2.42. The number of nitrogens with one attached hydrogen (secondary N) is 2. The van der Waals surface area contributed by atoms with Crippen LogP contribution in [0.5, 0.6) is 5.75 Å². The maximum atomic E-state index is 12.7. The topological polar surface area (TPSA) is 87.7 Å². The zero-order chi connectivity index (χ0) is 23.1. The largest absolute Gasteiger partial charge is 0.496 e. The van der Waals surface area contributed by atoms with Crippen LogP contribution < -0.4 is 15.6 Å². The quantitative estimate of drug-likeness (QED) is 0.349. The van der Waals surface area contributed by atoms with Crippen molar-refractivity contribution in [3.63, 3.8) is 0 Å². The fourth-order valence-electron chi connectivity index (χ4n) is 2.91. The van der Waals surface area contributed by atoms with Crippen molar-refractivity contribution in [3.05, 3.63) is 69.6 Å². The fraction of sp³-hybridized carbons (Fsp3) is 0.182. The van der Waals surface area contributed by atoms with E-state index in [1.807, 2.05) is 18.2 Å². The summed E-state index contributed by atoms with van der Waals surface area (Å²) in [5.74, 6) is -0.689. The summed E-state index contributed by atoms with van der Waals surface area (Å²) in [7, 11) is 1.46. The molecule has 3 rings (SSSR count). The van der Waals surface area contributed by atoms with Crippen LogP contribution in [0.25, 0.3) is 6.08 Å². The van der Waals surface area contributed by atoms with Crippen LogP contribution in [0.2, 0.25) is 5.02 Å². The second kappa shape index (κ2) is 11.1. The molecular formula is C22H20ClN3O4S2. The number of carbonyl (C=O) groups excluding carboxylic acids is 3. The Bertz CT molecular complexity index is 1090. The third kappa shape index (κ3) is 5.87. The standard InChI is InChI=1S/C22H20ClN3O4S2/c1-30-17-10-5-3-8-15(17)20(28)25-24-19(27)11-6-12-26-21(29)18(32-22(26)31)13-14-7-2-4-9-16(14)23/h2-5,7-10,13H,6,11-12H2,1H3,(H,24,27)(H,25,28)/b18-13-. The number of benzene rings is 2. The molecule has 0 aromatic heterocycles. The molecule has 0 radical (unpaired) electrons. The number of para-hydroxylation sites is 1. The van der Waals surface area contributed by atoms with Crippen LogP contribution in [0.4, 0.5) is 0 Å². The summed E-state index contributed by atoms with van der Waals surface area (Å²) in [6.45, 7) is 0.290. The predicted molar refractivity (Wildman–Crippen MR) is 129 cm³/mol. The normalized spacial score (nSPS) is 14.6. The Labute approximate surface area is 200 Å². The highest BCUT2D eigenvalue weighted by Crippen LogP contribution is 2.33. The highest BCUT2D eigenvalue weighted by molar-refractivity contribution is 8.26. The van der Waals surface area contributed by atoms with Crippen molar-refractivity contribution in [2.75, 3.05) is 13.7 Å². The number of hydrogen-bond acceptors (Lipinski definition) is 6. The fourth-order valence-corrected chi connectivity index (χ4v) is 4.40. The van der Waals surface area contributed by atoms with Crippen molar-refractivity contribution >= 4 is 63.7 Å². The molecule has 32 heavy (non-hydrogen) atoms. The Morgan fingerprint density at radius 1 is 1.16 bits per heavy atom. The van der Waals surface area contributed by atoms with Crippen LogP contribution in [-0.4, -0.2) is 40.6 Å². The van der Waals surface area contributed by atoms with Gasteiger partial charge in [-0.25, -0.2) is 0 Å². The van der Waals surface area contributed by atoms with Crippen molar-refractivity contribution in [1.29, 1.82) is 0 Å². The number of thioether (sulfide) groups is 1. The number of hydrazine groups is 1. The summed E-state index contributed by atoms with van der Waals surface area (Å²) >= 11 is 12.7. The van der Waals surface area contributed by atoms with E-state index in [2.05, 4.69) is 10.9 Å². The van der Waals surface area contributed by atoms with Crippen LogP contribution in [0.1, 0.15) is 28.8 Å². The van der Waals surface area contributed by atoms with E-state index >= 15 is 0 Å². The minimum absolute atomic E-state index is 0.104. The maximum absolute atomic E-state index is 12.7. The summed E-state index contributed by atoms with van der Waals surface area (Å²) < 4.78 is 5.56. The molecule has 0 saturated carbocycles. The van der Waals surface area contributed by atoms with E-state index in [4.69, 9.17) is 28.6 Å². The van der Waals surface area contributed by atoms with E-state index in [1.165, 1.54) is 23.8 Å². The number of halogens is 1. The molecule has 0 atom stereocenters. The van der Waals surface area contributed by atoms with Gasteiger partial charge in [0.1, 0.15) is 10.1 Å². The first-order valence-corrected chi connectivity index (χ1v) is 11.2. The molecule has 1 heterocycles. The summed E-state index contributed by atoms with van der Waals surface area (Å²) in [5, 5.41) is 0.546. The Balaban J connectivity index is 1.48. The lowest BCUT2D eigenvalue weighted by molar-refractivity contribution is -0.124. The molecule has 2 aromatic rings.